The van der Waals surface area contributed by atoms with E-state index in [1.165, 1.54) is 0 Å². The predicted molar refractivity (Wildman–Crippen MR) is 22.6 cm³/mol. The zero-order chi connectivity index (χ0) is 4.00. The molecule has 0 aliphatic rings. The maximum atomic E-state index is 3.00. The first-order chi connectivity index (χ1) is 2.00. The van der Waals surface area contributed by atoms with E-state index < -0.39 is 0 Å². The molecule has 0 bridgehead atoms. The first-order valence-corrected chi connectivity index (χ1v) is 1.50. The summed E-state index contributed by atoms with van der Waals surface area (Å²) in [5.74, 6) is 0. The van der Waals surface area contributed by atoms with E-state index in [9.17, 15) is 0 Å². The maximum absolute atomic E-state index is 3.00. The monoisotopic (exact) mass is 260 g/mol. The Bertz CT molecular complexity index is 3.61. The molecular weight excluding hydrogens is 249 g/mol. The molecule has 0 aromatic heterocycles. The molecule has 0 heterocycles. The molecule has 1 heteroatoms. The van der Waals surface area contributed by atoms with Gasteiger partial charge in [0.15, 0.2) is 0 Å². The molecule has 0 nitrogen and oxygen atoms in total. The van der Waals surface area contributed by atoms with Gasteiger partial charge in [-0.1, -0.05) is 13.8 Å². The van der Waals surface area contributed by atoms with Gasteiger partial charge in [0.25, 0.3) is 0 Å². The van der Waals surface area contributed by atoms with Crippen molar-refractivity contribution in [1.82, 2.24) is 0 Å². The van der Waals surface area contributed by atoms with E-state index in [1.54, 1.807) is 0 Å². The zero-order valence-corrected chi connectivity index (χ0v) is 9.62. The fraction of sp³-hybridized carbons (Fsp3) is 0.500. The molecular formula is C4H10Hg. The van der Waals surface area contributed by atoms with Crippen molar-refractivity contribution < 1.29 is 27.7 Å². The van der Waals surface area contributed by atoms with Crippen molar-refractivity contribution in [2.24, 2.45) is 0 Å². The van der Waals surface area contributed by atoms with Gasteiger partial charge < -0.3 is 0 Å². The Hall–Kier alpha value is 0.675. The smallest absolute Gasteiger partial charge is 0 e. The van der Waals surface area contributed by atoms with Crippen molar-refractivity contribution in [2.45, 2.75) is 13.8 Å². The second-order valence-electron chi connectivity index (χ2n) is 0. The van der Waals surface area contributed by atoms with Crippen molar-refractivity contribution in [3.8, 4) is 0 Å². The Kier molecular flexibility index (Phi) is 480. The van der Waals surface area contributed by atoms with Crippen LogP contribution in [0.25, 0.3) is 0 Å². The van der Waals surface area contributed by atoms with Crippen molar-refractivity contribution >= 4 is 0 Å². The van der Waals surface area contributed by atoms with Crippen LogP contribution in [0.2, 0.25) is 0 Å². The summed E-state index contributed by atoms with van der Waals surface area (Å²) in [5.41, 5.74) is 0. The van der Waals surface area contributed by atoms with Crippen LogP contribution in [-0.4, -0.2) is 0 Å². The van der Waals surface area contributed by atoms with Crippen LogP contribution < -0.4 is 0 Å². The van der Waals surface area contributed by atoms with Crippen molar-refractivity contribution in [3.05, 3.63) is 13.2 Å². The van der Waals surface area contributed by atoms with Crippen LogP contribution >= 0.6 is 0 Å². The molecule has 0 atom stereocenters. The molecule has 0 aromatic carbocycles. The fourth-order valence-corrected chi connectivity index (χ4v) is 0. The minimum atomic E-state index is 0. The van der Waals surface area contributed by atoms with Crippen LogP contribution in [0.15, 0.2) is 13.2 Å². The molecule has 0 saturated carbocycles. The summed E-state index contributed by atoms with van der Waals surface area (Å²) in [7, 11) is 0. The summed E-state index contributed by atoms with van der Waals surface area (Å²) in [4.78, 5) is 0. The summed E-state index contributed by atoms with van der Waals surface area (Å²) in [6, 6.07) is 0. The Morgan fingerprint density at radius 1 is 1.00 bits per heavy atom. The average molecular weight is 259 g/mol. The van der Waals surface area contributed by atoms with Gasteiger partial charge in [0.2, 0.25) is 0 Å². The van der Waals surface area contributed by atoms with E-state index >= 15 is 0 Å². The van der Waals surface area contributed by atoms with Gasteiger partial charge in [0, 0.05) is 27.7 Å². The minimum absolute atomic E-state index is 0. The third-order valence-electron chi connectivity index (χ3n) is 0. The molecule has 0 saturated heterocycles. The summed E-state index contributed by atoms with van der Waals surface area (Å²) in [5, 5.41) is 0. The third-order valence-corrected chi connectivity index (χ3v) is 0. The van der Waals surface area contributed by atoms with Gasteiger partial charge in [0.1, 0.15) is 0 Å². The minimum Gasteiger partial charge on any atom is -0.106 e. The topological polar surface area (TPSA) is 0 Å². The van der Waals surface area contributed by atoms with Gasteiger partial charge in [-0.2, -0.15) is 0 Å². The van der Waals surface area contributed by atoms with Gasteiger partial charge in [-0.15, -0.1) is 13.2 Å². The summed E-state index contributed by atoms with van der Waals surface area (Å²) < 4.78 is 0. The molecule has 0 aromatic rings. The van der Waals surface area contributed by atoms with E-state index in [0.717, 1.165) is 0 Å². The second kappa shape index (κ2) is 139. The molecule has 0 spiro atoms. The molecule has 0 aliphatic carbocycles. The van der Waals surface area contributed by atoms with E-state index in [2.05, 4.69) is 13.2 Å². The van der Waals surface area contributed by atoms with E-state index in [0.29, 0.717) is 0 Å². The first kappa shape index (κ1) is 17.3. The largest absolute Gasteiger partial charge is 0.106 e. The van der Waals surface area contributed by atoms with Gasteiger partial charge in [-0.05, 0) is 0 Å². The number of hydrogen-bond acceptors (Lipinski definition) is 0. The van der Waals surface area contributed by atoms with Gasteiger partial charge in [-0.25, -0.2) is 0 Å². The summed E-state index contributed by atoms with van der Waals surface area (Å²) in [6.45, 7) is 10.0. The Morgan fingerprint density at radius 3 is 1.00 bits per heavy atom. The Balaban J connectivity index is -0.0000000133. The normalized spacial score (nSPS) is 2.00. The molecule has 0 unspecified atom stereocenters. The second-order valence-corrected chi connectivity index (χ2v) is 0. The zero-order valence-electron chi connectivity index (χ0n) is 4.12. The predicted octanol–water partition coefficient (Wildman–Crippen LogP) is 1.83. The Labute approximate surface area is 54.8 Å². The Morgan fingerprint density at radius 2 is 1.00 bits per heavy atom. The maximum Gasteiger partial charge on any atom is 0 e. The van der Waals surface area contributed by atoms with Crippen molar-refractivity contribution in [3.63, 3.8) is 0 Å². The average Bonchev–Trinajstić information content (AvgIpc) is 1.50. The van der Waals surface area contributed by atoms with Crippen molar-refractivity contribution in [1.29, 1.82) is 0 Å². The summed E-state index contributed by atoms with van der Waals surface area (Å²) >= 11 is 0. The molecule has 0 rings (SSSR count). The molecule has 0 amide bonds. The summed E-state index contributed by atoms with van der Waals surface area (Å²) in [6.07, 6.45) is 0. The SMILES string of the molecule is C=C.CC.[Hg]. The fourth-order valence-electron chi connectivity index (χ4n) is 0. The molecule has 0 fully saturated rings. The molecule has 0 radical (unpaired) electrons. The molecule has 0 N–H and O–H groups in total. The van der Waals surface area contributed by atoms with Crippen LogP contribution in [0, 0.1) is 0 Å². The van der Waals surface area contributed by atoms with Gasteiger partial charge in [-0.3, -0.25) is 0 Å². The number of rotatable bonds is 0. The molecule has 28 valence electrons. The van der Waals surface area contributed by atoms with Gasteiger partial charge >= 0.3 is 0 Å². The molecule has 0 aliphatic heterocycles. The standard InChI is InChI=1S/C2H6.C2H4.Hg/c2*1-2;/h1-2H3;1-2H2;. The van der Waals surface area contributed by atoms with E-state index in [4.69, 9.17) is 0 Å². The van der Waals surface area contributed by atoms with E-state index in [1.807, 2.05) is 13.8 Å². The quantitative estimate of drug-likeness (QED) is 0.459. The van der Waals surface area contributed by atoms with Crippen molar-refractivity contribution in [2.75, 3.05) is 0 Å². The van der Waals surface area contributed by atoms with E-state index in [-0.39, 0.29) is 27.7 Å². The van der Waals surface area contributed by atoms with Crippen LogP contribution in [-0.2, 0) is 27.7 Å². The van der Waals surface area contributed by atoms with Crippen LogP contribution in [0.3, 0.4) is 0 Å². The number of hydrogen-bond donors (Lipinski definition) is 0. The molecule has 5 heavy (non-hydrogen) atoms. The van der Waals surface area contributed by atoms with Crippen LogP contribution in [0.5, 0.6) is 0 Å². The van der Waals surface area contributed by atoms with Gasteiger partial charge in [0.05, 0.1) is 0 Å². The van der Waals surface area contributed by atoms with Crippen LogP contribution in [0.1, 0.15) is 13.8 Å². The third kappa shape index (κ3) is 73.4. The van der Waals surface area contributed by atoms with Crippen LogP contribution in [0.4, 0.5) is 0 Å². The first-order valence-electron chi connectivity index (χ1n) is 1.50.